The molecule has 3 fully saturated rings. The number of hydrogen-bond acceptors (Lipinski definition) is 3. The Balaban J connectivity index is 1.12. The summed E-state index contributed by atoms with van der Waals surface area (Å²) in [5.74, 6) is 1.22. The zero-order chi connectivity index (χ0) is 23.8. The highest BCUT2D eigenvalue weighted by atomic mass is 16.2. The molecule has 0 radical (unpaired) electrons. The van der Waals surface area contributed by atoms with Crippen LogP contribution in [-0.2, 0) is 6.42 Å². The number of carbonyl (C=O) groups excluding carboxylic acids is 2. The Kier molecular flexibility index (Phi) is 6.36. The smallest absolute Gasteiger partial charge is 0.254 e. The minimum atomic E-state index is 0.138. The van der Waals surface area contributed by atoms with Crippen LogP contribution in [0.2, 0.25) is 0 Å². The standard InChI is InChI=1S/C30H37N3O2/c34-29(32-15-3-4-16-32)24-9-7-23(8-10-24)25-11-12-28-26(19-25)13-18-33(30(28)35)27-14-17-31(21-27)20-22-5-1-2-6-22/h7-12,19,22,27H,1-6,13-18,20-21H2/t27-/m1/s1. The third-order valence-electron chi connectivity index (χ3n) is 8.76. The van der Waals surface area contributed by atoms with E-state index in [-0.39, 0.29) is 11.8 Å². The van der Waals surface area contributed by atoms with E-state index in [2.05, 4.69) is 21.9 Å². The maximum atomic E-state index is 13.4. The van der Waals surface area contributed by atoms with Crippen LogP contribution in [0.15, 0.2) is 42.5 Å². The SMILES string of the molecule is O=C(c1ccc(-c2ccc3c(c2)CCN([C@@H]2CCN(CC4CCCC4)C2)C3=O)cc1)N1CCCC1. The van der Waals surface area contributed by atoms with Gasteiger partial charge in [0.05, 0.1) is 0 Å². The van der Waals surface area contributed by atoms with Crippen molar-refractivity contribution in [3.8, 4) is 11.1 Å². The fourth-order valence-corrected chi connectivity index (χ4v) is 6.73. The molecule has 1 aliphatic carbocycles. The number of rotatable bonds is 5. The Morgan fingerprint density at radius 2 is 1.57 bits per heavy atom. The van der Waals surface area contributed by atoms with Gasteiger partial charge in [-0.05, 0) is 79.3 Å². The van der Waals surface area contributed by atoms with E-state index < -0.39 is 0 Å². The molecule has 184 valence electrons. The van der Waals surface area contributed by atoms with Crippen LogP contribution >= 0.6 is 0 Å². The van der Waals surface area contributed by atoms with Crippen LogP contribution in [0.3, 0.4) is 0 Å². The second-order valence-electron chi connectivity index (χ2n) is 11.0. The Bertz CT molecular complexity index is 1080. The summed E-state index contributed by atoms with van der Waals surface area (Å²) in [5.41, 5.74) is 5.00. The predicted molar refractivity (Wildman–Crippen MR) is 139 cm³/mol. The van der Waals surface area contributed by atoms with Crippen LogP contribution in [-0.4, -0.2) is 71.8 Å². The van der Waals surface area contributed by atoms with Gasteiger partial charge in [0.1, 0.15) is 0 Å². The molecule has 2 saturated heterocycles. The zero-order valence-corrected chi connectivity index (χ0v) is 20.8. The Hall–Kier alpha value is -2.66. The van der Waals surface area contributed by atoms with Gasteiger partial charge in [0.25, 0.3) is 11.8 Å². The molecule has 1 atom stereocenters. The van der Waals surface area contributed by atoms with Gasteiger partial charge in [-0.25, -0.2) is 0 Å². The molecule has 0 aromatic heterocycles. The summed E-state index contributed by atoms with van der Waals surface area (Å²) in [7, 11) is 0. The first kappa shape index (κ1) is 22.8. The normalized spacial score (nSPS) is 23.3. The largest absolute Gasteiger partial charge is 0.339 e. The topological polar surface area (TPSA) is 43.9 Å². The highest BCUT2D eigenvalue weighted by molar-refractivity contribution is 5.98. The minimum Gasteiger partial charge on any atom is -0.339 e. The molecule has 1 saturated carbocycles. The lowest BCUT2D eigenvalue weighted by Gasteiger charge is -2.34. The van der Waals surface area contributed by atoms with Gasteiger partial charge in [-0.3, -0.25) is 9.59 Å². The van der Waals surface area contributed by atoms with E-state index in [1.165, 1.54) is 32.2 Å². The number of nitrogens with zero attached hydrogens (tertiary/aromatic N) is 3. The molecule has 2 aromatic rings. The average Bonchev–Trinajstić information content (AvgIpc) is 3.68. The van der Waals surface area contributed by atoms with E-state index in [1.807, 2.05) is 35.2 Å². The molecular weight excluding hydrogens is 434 g/mol. The maximum absolute atomic E-state index is 13.4. The van der Waals surface area contributed by atoms with E-state index in [1.54, 1.807) is 0 Å². The molecule has 6 rings (SSSR count). The first-order valence-electron chi connectivity index (χ1n) is 13.7. The van der Waals surface area contributed by atoms with Crippen molar-refractivity contribution in [2.75, 3.05) is 39.3 Å². The molecule has 5 nitrogen and oxygen atoms in total. The van der Waals surface area contributed by atoms with Gasteiger partial charge >= 0.3 is 0 Å². The number of carbonyl (C=O) groups is 2. The van der Waals surface area contributed by atoms with E-state index >= 15 is 0 Å². The summed E-state index contributed by atoms with van der Waals surface area (Å²) in [6.07, 6.45) is 9.80. The van der Waals surface area contributed by atoms with Crippen LogP contribution in [0.1, 0.15) is 71.2 Å². The number of hydrogen-bond donors (Lipinski definition) is 0. The minimum absolute atomic E-state index is 0.138. The molecular formula is C30H37N3O2. The molecule has 3 aliphatic heterocycles. The van der Waals surface area contributed by atoms with Crippen molar-refractivity contribution in [3.05, 3.63) is 59.2 Å². The second kappa shape index (κ2) is 9.77. The van der Waals surface area contributed by atoms with Crippen molar-refractivity contribution in [1.29, 1.82) is 0 Å². The fraction of sp³-hybridized carbons (Fsp3) is 0.533. The highest BCUT2D eigenvalue weighted by Crippen LogP contribution is 2.31. The van der Waals surface area contributed by atoms with Crippen LogP contribution in [0.4, 0.5) is 0 Å². The summed E-state index contributed by atoms with van der Waals surface area (Å²) in [6, 6.07) is 14.6. The maximum Gasteiger partial charge on any atom is 0.254 e. The van der Waals surface area contributed by atoms with Crippen molar-refractivity contribution in [3.63, 3.8) is 0 Å². The van der Waals surface area contributed by atoms with E-state index in [4.69, 9.17) is 0 Å². The van der Waals surface area contributed by atoms with Crippen LogP contribution in [0.5, 0.6) is 0 Å². The highest BCUT2D eigenvalue weighted by Gasteiger charge is 2.35. The van der Waals surface area contributed by atoms with Gasteiger partial charge in [-0.2, -0.15) is 0 Å². The lowest BCUT2D eigenvalue weighted by atomic mass is 9.93. The van der Waals surface area contributed by atoms with Crippen LogP contribution in [0.25, 0.3) is 11.1 Å². The van der Waals surface area contributed by atoms with Gasteiger partial charge in [0, 0.05) is 56.4 Å². The first-order chi connectivity index (χ1) is 17.2. The summed E-state index contributed by atoms with van der Waals surface area (Å²) in [6.45, 7) is 5.96. The molecule has 4 aliphatic rings. The first-order valence-corrected chi connectivity index (χ1v) is 13.7. The van der Waals surface area contributed by atoms with Crippen molar-refractivity contribution in [2.45, 2.75) is 57.4 Å². The summed E-state index contributed by atoms with van der Waals surface area (Å²) in [4.78, 5) is 32.8. The van der Waals surface area contributed by atoms with Gasteiger partial charge < -0.3 is 14.7 Å². The quantitative estimate of drug-likeness (QED) is 0.626. The van der Waals surface area contributed by atoms with Crippen molar-refractivity contribution in [1.82, 2.24) is 14.7 Å². The second-order valence-corrected chi connectivity index (χ2v) is 11.0. The molecule has 2 amide bonds. The van der Waals surface area contributed by atoms with E-state index in [9.17, 15) is 9.59 Å². The fourth-order valence-electron chi connectivity index (χ4n) is 6.73. The van der Waals surface area contributed by atoms with E-state index in [0.29, 0.717) is 6.04 Å². The Morgan fingerprint density at radius 1 is 0.829 bits per heavy atom. The number of likely N-dealkylation sites (tertiary alicyclic amines) is 2. The average molecular weight is 472 g/mol. The van der Waals surface area contributed by atoms with Crippen LogP contribution < -0.4 is 0 Å². The Labute approximate surface area is 209 Å². The number of benzene rings is 2. The monoisotopic (exact) mass is 471 g/mol. The summed E-state index contributed by atoms with van der Waals surface area (Å²) < 4.78 is 0. The van der Waals surface area contributed by atoms with E-state index in [0.717, 1.165) is 92.1 Å². The molecule has 0 spiro atoms. The molecule has 3 heterocycles. The van der Waals surface area contributed by atoms with Crippen LogP contribution in [0, 0.1) is 5.92 Å². The molecule has 2 aromatic carbocycles. The number of fused-ring (bicyclic) bond motifs is 1. The third kappa shape index (κ3) is 4.63. The van der Waals surface area contributed by atoms with Gasteiger partial charge in [0.15, 0.2) is 0 Å². The summed E-state index contributed by atoms with van der Waals surface area (Å²) >= 11 is 0. The zero-order valence-electron chi connectivity index (χ0n) is 20.8. The third-order valence-corrected chi connectivity index (χ3v) is 8.76. The van der Waals surface area contributed by atoms with Crippen molar-refractivity contribution in [2.24, 2.45) is 5.92 Å². The van der Waals surface area contributed by atoms with Crippen molar-refractivity contribution < 1.29 is 9.59 Å². The molecule has 0 bridgehead atoms. The van der Waals surface area contributed by atoms with Gasteiger partial charge in [0.2, 0.25) is 0 Å². The molecule has 0 unspecified atom stereocenters. The predicted octanol–water partition coefficient (Wildman–Crippen LogP) is 4.85. The van der Waals surface area contributed by atoms with Gasteiger partial charge in [-0.15, -0.1) is 0 Å². The van der Waals surface area contributed by atoms with Crippen molar-refractivity contribution >= 4 is 11.8 Å². The molecule has 5 heteroatoms. The lowest BCUT2D eigenvalue weighted by molar-refractivity contribution is 0.0662. The number of amides is 2. The molecule has 35 heavy (non-hydrogen) atoms. The lowest BCUT2D eigenvalue weighted by Crippen LogP contribution is -2.46. The molecule has 0 N–H and O–H groups in total. The Morgan fingerprint density at radius 3 is 2.34 bits per heavy atom. The summed E-state index contributed by atoms with van der Waals surface area (Å²) in [5, 5.41) is 0. The van der Waals surface area contributed by atoms with Gasteiger partial charge in [-0.1, -0.05) is 37.1 Å².